The molecule has 0 heterocycles. The molecule has 1 aromatic carbocycles. The van der Waals surface area contributed by atoms with Gasteiger partial charge in [0.2, 0.25) is 0 Å². The van der Waals surface area contributed by atoms with E-state index >= 15 is 0 Å². The quantitative estimate of drug-likeness (QED) is 0.821. The first-order valence-electron chi connectivity index (χ1n) is 5.06. The van der Waals surface area contributed by atoms with Crippen molar-refractivity contribution in [3.63, 3.8) is 0 Å². The highest BCUT2D eigenvalue weighted by atomic mass is 19.1. The molecule has 1 aliphatic carbocycles. The molecule has 0 saturated heterocycles. The molecule has 0 bridgehead atoms. The largest absolute Gasteiger partial charge is 0.384 e. The Morgan fingerprint density at radius 2 is 2.27 bits per heavy atom. The van der Waals surface area contributed by atoms with Gasteiger partial charge in [0.25, 0.3) is 0 Å². The molecular formula is C12H13FN2. The Morgan fingerprint density at radius 1 is 1.53 bits per heavy atom. The predicted molar refractivity (Wildman–Crippen MR) is 56.9 cm³/mol. The highest BCUT2D eigenvalue weighted by molar-refractivity contribution is 5.48. The van der Waals surface area contributed by atoms with Crippen molar-refractivity contribution in [1.29, 1.82) is 5.26 Å². The predicted octanol–water partition coefficient (Wildman–Crippen LogP) is 2.91. The third-order valence-corrected chi connectivity index (χ3v) is 2.91. The number of nitrogens with zero attached hydrogens (tertiary/aromatic N) is 1. The van der Waals surface area contributed by atoms with Crippen LogP contribution in [0.1, 0.15) is 25.3 Å². The lowest BCUT2D eigenvalue weighted by Crippen LogP contribution is -2.11. The Kier molecular flexibility index (Phi) is 2.36. The minimum Gasteiger partial charge on any atom is -0.384 e. The van der Waals surface area contributed by atoms with Crippen molar-refractivity contribution in [2.24, 2.45) is 5.41 Å². The van der Waals surface area contributed by atoms with E-state index in [1.807, 2.05) is 0 Å². The van der Waals surface area contributed by atoms with E-state index in [-0.39, 0.29) is 5.56 Å². The number of benzene rings is 1. The van der Waals surface area contributed by atoms with E-state index < -0.39 is 5.82 Å². The van der Waals surface area contributed by atoms with Crippen LogP contribution in [0.4, 0.5) is 10.1 Å². The van der Waals surface area contributed by atoms with E-state index in [1.54, 1.807) is 12.1 Å². The van der Waals surface area contributed by atoms with Crippen LogP contribution >= 0.6 is 0 Å². The fourth-order valence-corrected chi connectivity index (χ4v) is 1.42. The van der Waals surface area contributed by atoms with Crippen LogP contribution in [0.5, 0.6) is 0 Å². The molecule has 1 aromatic rings. The number of anilines is 1. The summed E-state index contributed by atoms with van der Waals surface area (Å²) in [5.41, 5.74) is 1.24. The minimum atomic E-state index is -0.455. The van der Waals surface area contributed by atoms with Crippen LogP contribution in [-0.2, 0) is 0 Å². The molecule has 0 aromatic heterocycles. The van der Waals surface area contributed by atoms with Gasteiger partial charge in [0.15, 0.2) is 0 Å². The van der Waals surface area contributed by atoms with E-state index in [0.29, 0.717) is 5.41 Å². The number of nitriles is 1. The highest BCUT2D eigenvalue weighted by Crippen LogP contribution is 2.44. The van der Waals surface area contributed by atoms with Gasteiger partial charge in [-0.05, 0) is 36.5 Å². The third kappa shape index (κ3) is 2.27. The first kappa shape index (κ1) is 9.97. The van der Waals surface area contributed by atoms with Crippen molar-refractivity contribution < 1.29 is 4.39 Å². The second-order valence-electron chi connectivity index (χ2n) is 4.47. The molecule has 1 saturated carbocycles. The van der Waals surface area contributed by atoms with Crippen molar-refractivity contribution >= 4 is 5.69 Å². The van der Waals surface area contributed by atoms with Gasteiger partial charge >= 0.3 is 0 Å². The van der Waals surface area contributed by atoms with Gasteiger partial charge in [-0.1, -0.05) is 6.92 Å². The molecule has 78 valence electrons. The normalized spacial score (nSPS) is 16.9. The van der Waals surface area contributed by atoms with Gasteiger partial charge in [-0.3, -0.25) is 0 Å². The molecule has 0 atom stereocenters. The first-order chi connectivity index (χ1) is 7.13. The first-order valence-corrected chi connectivity index (χ1v) is 5.06. The number of hydrogen-bond donors (Lipinski definition) is 1. The molecule has 3 heteroatoms. The molecule has 2 nitrogen and oxygen atoms in total. The maximum atomic E-state index is 13.2. The Hall–Kier alpha value is -1.56. The van der Waals surface area contributed by atoms with Gasteiger partial charge in [0.1, 0.15) is 11.9 Å². The lowest BCUT2D eigenvalue weighted by molar-refractivity contribution is 0.607. The smallest absolute Gasteiger partial charge is 0.143 e. The SMILES string of the molecule is CC1(CNc2ccc(C#N)c(F)c2)CC1. The standard InChI is InChI=1S/C12H13FN2/c1-12(4-5-12)8-15-10-3-2-9(7-14)11(13)6-10/h2-3,6,15H,4-5,8H2,1H3. The molecule has 0 amide bonds. The van der Waals surface area contributed by atoms with Crippen LogP contribution in [0.3, 0.4) is 0 Å². The van der Waals surface area contributed by atoms with Gasteiger partial charge in [-0.15, -0.1) is 0 Å². The molecule has 1 aliphatic rings. The van der Waals surface area contributed by atoms with Gasteiger partial charge in [-0.2, -0.15) is 5.26 Å². The van der Waals surface area contributed by atoms with E-state index in [9.17, 15) is 4.39 Å². The fraction of sp³-hybridized carbons (Fsp3) is 0.417. The zero-order valence-electron chi connectivity index (χ0n) is 8.68. The van der Waals surface area contributed by atoms with Gasteiger partial charge in [0.05, 0.1) is 5.56 Å². The summed E-state index contributed by atoms with van der Waals surface area (Å²) >= 11 is 0. The Balaban J connectivity index is 2.03. The minimum absolute atomic E-state index is 0.0955. The van der Waals surface area contributed by atoms with Crippen molar-refractivity contribution in [3.8, 4) is 6.07 Å². The average Bonchev–Trinajstić information content (AvgIpc) is 2.95. The molecule has 0 radical (unpaired) electrons. The number of rotatable bonds is 3. The van der Waals surface area contributed by atoms with Gasteiger partial charge in [0, 0.05) is 12.2 Å². The molecule has 1 fully saturated rings. The maximum Gasteiger partial charge on any atom is 0.143 e. The molecule has 2 rings (SSSR count). The van der Waals surface area contributed by atoms with Crippen molar-refractivity contribution in [3.05, 3.63) is 29.6 Å². The van der Waals surface area contributed by atoms with Crippen LogP contribution in [-0.4, -0.2) is 6.54 Å². The lowest BCUT2D eigenvalue weighted by Gasteiger charge is -2.11. The molecule has 15 heavy (non-hydrogen) atoms. The van der Waals surface area contributed by atoms with E-state index in [1.165, 1.54) is 25.0 Å². The summed E-state index contributed by atoms with van der Waals surface area (Å²) < 4.78 is 13.2. The molecule has 0 unspecified atom stereocenters. The average molecular weight is 204 g/mol. The van der Waals surface area contributed by atoms with Crippen molar-refractivity contribution in [2.75, 3.05) is 11.9 Å². The van der Waals surface area contributed by atoms with Crippen LogP contribution in [0.15, 0.2) is 18.2 Å². The van der Waals surface area contributed by atoms with Gasteiger partial charge in [-0.25, -0.2) is 4.39 Å². The zero-order chi connectivity index (χ0) is 10.9. The number of nitrogens with one attached hydrogen (secondary N) is 1. The molecule has 0 aliphatic heterocycles. The monoisotopic (exact) mass is 204 g/mol. The zero-order valence-corrected chi connectivity index (χ0v) is 8.68. The van der Waals surface area contributed by atoms with Crippen LogP contribution in [0.2, 0.25) is 0 Å². The summed E-state index contributed by atoms with van der Waals surface area (Å²) in [6.45, 7) is 3.08. The second-order valence-corrected chi connectivity index (χ2v) is 4.47. The van der Waals surface area contributed by atoms with Crippen LogP contribution in [0, 0.1) is 22.6 Å². The summed E-state index contributed by atoms with van der Waals surface area (Å²) in [6, 6.07) is 6.43. The Labute approximate surface area is 88.7 Å². The van der Waals surface area contributed by atoms with Crippen LogP contribution in [0.25, 0.3) is 0 Å². The Morgan fingerprint density at radius 3 is 2.80 bits per heavy atom. The van der Waals surface area contributed by atoms with Crippen LogP contribution < -0.4 is 5.32 Å². The topological polar surface area (TPSA) is 35.8 Å². The number of halogens is 1. The molecule has 0 spiro atoms. The van der Waals surface area contributed by atoms with E-state index in [2.05, 4.69) is 12.2 Å². The van der Waals surface area contributed by atoms with Crippen molar-refractivity contribution in [1.82, 2.24) is 0 Å². The molecular weight excluding hydrogens is 191 g/mol. The Bertz CT molecular complexity index is 416. The maximum absolute atomic E-state index is 13.2. The second kappa shape index (κ2) is 3.54. The summed E-state index contributed by atoms with van der Waals surface area (Å²) in [5.74, 6) is -0.455. The highest BCUT2D eigenvalue weighted by Gasteiger charge is 2.36. The lowest BCUT2D eigenvalue weighted by atomic mass is 10.1. The number of hydrogen-bond acceptors (Lipinski definition) is 2. The van der Waals surface area contributed by atoms with E-state index in [0.717, 1.165) is 12.2 Å². The summed E-state index contributed by atoms with van der Waals surface area (Å²) in [4.78, 5) is 0. The van der Waals surface area contributed by atoms with E-state index in [4.69, 9.17) is 5.26 Å². The third-order valence-electron chi connectivity index (χ3n) is 2.91. The summed E-state index contributed by atoms with van der Waals surface area (Å²) in [5, 5.41) is 11.8. The summed E-state index contributed by atoms with van der Waals surface area (Å²) in [6.07, 6.45) is 2.47. The molecule has 1 N–H and O–H groups in total. The van der Waals surface area contributed by atoms with Crippen molar-refractivity contribution in [2.45, 2.75) is 19.8 Å². The summed E-state index contributed by atoms with van der Waals surface area (Å²) in [7, 11) is 0. The van der Waals surface area contributed by atoms with Gasteiger partial charge < -0.3 is 5.32 Å². The fourth-order valence-electron chi connectivity index (χ4n) is 1.42.